The quantitative estimate of drug-likeness (QED) is 0.713. The highest BCUT2D eigenvalue weighted by molar-refractivity contribution is 7.16. The lowest BCUT2D eigenvalue weighted by molar-refractivity contribution is -0.121. The second-order valence-corrected chi connectivity index (χ2v) is 7.12. The van der Waals surface area contributed by atoms with Crippen molar-refractivity contribution < 1.29 is 9.59 Å². The van der Waals surface area contributed by atoms with Crippen LogP contribution in [0.4, 0.5) is 4.79 Å². The van der Waals surface area contributed by atoms with Crippen molar-refractivity contribution in [1.82, 2.24) is 15.5 Å². The standard InChI is InChI=1S/C15H22ClN3O2S/c1-4-7-19(9-12-5-6-13(16)22-12)10-14(20)18-15(21)17-8-11(2)3/h4-6,11H,1,7-10H2,2-3H3,(H2,17,18,20,21). The minimum Gasteiger partial charge on any atom is -0.338 e. The SMILES string of the molecule is C=CCN(CC(=O)NC(=O)NCC(C)C)Cc1ccc(Cl)s1. The highest BCUT2D eigenvalue weighted by Gasteiger charge is 2.13. The summed E-state index contributed by atoms with van der Waals surface area (Å²) >= 11 is 7.38. The van der Waals surface area contributed by atoms with Gasteiger partial charge in [-0.1, -0.05) is 31.5 Å². The molecule has 3 amide bonds. The van der Waals surface area contributed by atoms with Crippen LogP contribution in [0.5, 0.6) is 0 Å². The molecular weight excluding hydrogens is 322 g/mol. The van der Waals surface area contributed by atoms with Gasteiger partial charge in [-0.3, -0.25) is 15.0 Å². The van der Waals surface area contributed by atoms with Crippen LogP contribution in [0.25, 0.3) is 0 Å². The van der Waals surface area contributed by atoms with Gasteiger partial charge in [0, 0.05) is 24.5 Å². The van der Waals surface area contributed by atoms with Crippen LogP contribution < -0.4 is 10.6 Å². The average Bonchev–Trinajstić information content (AvgIpc) is 2.82. The minimum atomic E-state index is -0.462. The van der Waals surface area contributed by atoms with E-state index >= 15 is 0 Å². The Morgan fingerprint density at radius 2 is 2.18 bits per heavy atom. The zero-order valence-electron chi connectivity index (χ0n) is 12.9. The number of carbonyl (C=O) groups is 2. The van der Waals surface area contributed by atoms with Crippen molar-refractivity contribution in [3.05, 3.63) is 34.0 Å². The molecule has 0 bridgehead atoms. The summed E-state index contributed by atoms with van der Waals surface area (Å²) in [5.74, 6) is -0.00699. The van der Waals surface area contributed by atoms with E-state index in [1.165, 1.54) is 11.3 Å². The topological polar surface area (TPSA) is 61.4 Å². The lowest BCUT2D eigenvalue weighted by Gasteiger charge is -2.19. The zero-order valence-corrected chi connectivity index (χ0v) is 14.5. The summed E-state index contributed by atoms with van der Waals surface area (Å²) in [6.07, 6.45) is 1.72. The number of hydrogen-bond acceptors (Lipinski definition) is 4. The van der Waals surface area contributed by atoms with E-state index in [4.69, 9.17) is 11.6 Å². The maximum Gasteiger partial charge on any atom is 0.321 e. The Hall–Kier alpha value is -1.37. The molecule has 0 aliphatic rings. The molecule has 1 heterocycles. The van der Waals surface area contributed by atoms with E-state index in [0.717, 1.165) is 4.88 Å². The van der Waals surface area contributed by atoms with Crippen LogP contribution in [0.1, 0.15) is 18.7 Å². The second-order valence-electron chi connectivity index (χ2n) is 5.32. The molecule has 0 saturated heterocycles. The fraction of sp³-hybridized carbons (Fsp3) is 0.467. The molecule has 2 N–H and O–H groups in total. The number of amides is 3. The average molecular weight is 344 g/mol. The first-order valence-corrected chi connectivity index (χ1v) is 8.25. The number of urea groups is 1. The van der Waals surface area contributed by atoms with E-state index in [2.05, 4.69) is 17.2 Å². The Balaban J connectivity index is 2.46. The predicted octanol–water partition coefficient (Wildman–Crippen LogP) is 2.87. The van der Waals surface area contributed by atoms with Gasteiger partial charge in [-0.2, -0.15) is 0 Å². The largest absolute Gasteiger partial charge is 0.338 e. The maximum absolute atomic E-state index is 11.9. The highest BCUT2D eigenvalue weighted by Crippen LogP contribution is 2.22. The number of rotatable bonds is 8. The molecule has 0 spiro atoms. The van der Waals surface area contributed by atoms with E-state index in [9.17, 15) is 9.59 Å². The van der Waals surface area contributed by atoms with E-state index in [1.807, 2.05) is 30.9 Å². The zero-order chi connectivity index (χ0) is 16.5. The number of carbonyl (C=O) groups excluding carboxylic acids is 2. The summed E-state index contributed by atoms with van der Waals surface area (Å²) in [5.41, 5.74) is 0. The molecule has 5 nitrogen and oxygen atoms in total. The first kappa shape index (κ1) is 18.7. The van der Waals surface area contributed by atoms with E-state index in [-0.39, 0.29) is 12.5 Å². The third-order valence-electron chi connectivity index (χ3n) is 2.69. The number of imide groups is 1. The number of hydrogen-bond donors (Lipinski definition) is 2. The van der Waals surface area contributed by atoms with Gasteiger partial charge in [-0.05, 0) is 18.1 Å². The molecule has 0 saturated carbocycles. The fourth-order valence-corrected chi connectivity index (χ4v) is 2.86. The Labute approximate surface area is 140 Å². The molecule has 0 aliphatic carbocycles. The molecule has 0 fully saturated rings. The Morgan fingerprint density at radius 3 is 2.73 bits per heavy atom. The smallest absolute Gasteiger partial charge is 0.321 e. The molecule has 7 heteroatoms. The van der Waals surface area contributed by atoms with Crippen molar-refractivity contribution >= 4 is 34.9 Å². The van der Waals surface area contributed by atoms with Crippen LogP contribution in [0.3, 0.4) is 0 Å². The van der Waals surface area contributed by atoms with Crippen molar-refractivity contribution in [2.45, 2.75) is 20.4 Å². The van der Waals surface area contributed by atoms with E-state index < -0.39 is 6.03 Å². The van der Waals surface area contributed by atoms with Gasteiger partial charge in [0.15, 0.2) is 0 Å². The van der Waals surface area contributed by atoms with Crippen LogP contribution in [0.15, 0.2) is 24.8 Å². The molecule has 0 aromatic carbocycles. The summed E-state index contributed by atoms with van der Waals surface area (Å²) in [5, 5.41) is 4.97. The van der Waals surface area contributed by atoms with Gasteiger partial charge < -0.3 is 5.32 Å². The molecular formula is C15H22ClN3O2S. The van der Waals surface area contributed by atoms with Gasteiger partial charge >= 0.3 is 6.03 Å². The van der Waals surface area contributed by atoms with Gasteiger partial charge in [-0.25, -0.2) is 4.79 Å². The van der Waals surface area contributed by atoms with E-state index in [0.29, 0.717) is 29.9 Å². The molecule has 0 aliphatic heterocycles. The van der Waals surface area contributed by atoms with Crippen LogP contribution >= 0.6 is 22.9 Å². The lowest BCUT2D eigenvalue weighted by atomic mass is 10.2. The van der Waals surface area contributed by atoms with Crippen molar-refractivity contribution in [2.75, 3.05) is 19.6 Å². The minimum absolute atomic E-state index is 0.122. The Morgan fingerprint density at radius 1 is 1.45 bits per heavy atom. The molecule has 122 valence electrons. The number of thiophene rings is 1. The monoisotopic (exact) mass is 343 g/mol. The van der Waals surface area contributed by atoms with E-state index in [1.54, 1.807) is 6.08 Å². The predicted molar refractivity (Wildman–Crippen MR) is 91.2 cm³/mol. The fourth-order valence-electron chi connectivity index (χ4n) is 1.73. The normalized spacial score (nSPS) is 10.8. The second kappa shape index (κ2) is 9.61. The van der Waals surface area contributed by atoms with Crippen LogP contribution in [0.2, 0.25) is 4.34 Å². The highest BCUT2D eigenvalue weighted by atomic mass is 35.5. The Kier molecular flexibility index (Phi) is 8.16. The first-order chi connectivity index (χ1) is 10.4. The van der Waals surface area contributed by atoms with Gasteiger partial charge in [0.05, 0.1) is 10.9 Å². The van der Waals surface area contributed by atoms with Gasteiger partial charge in [0.1, 0.15) is 0 Å². The summed E-state index contributed by atoms with van der Waals surface area (Å²) in [4.78, 5) is 26.4. The van der Waals surface area contributed by atoms with Crippen LogP contribution in [0, 0.1) is 5.92 Å². The molecule has 1 aromatic heterocycles. The molecule has 0 unspecified atom stereocenters. The van der Waals surface area contributed by atoms with Crippen molar-refractivity contribution in [2.24, 2.45) is 5.92 Å². The molecule has 0 atom stereocenters. The van der Waals surface area contributed by atoms with Crippen LogP contribution in [-0.4, -0.2) is 36.5 Å². The van der Waals surface area contributed by atoms with Gasteiger partial charge in [0.25, 0.3) is 0 Å². The van der Waals surface area contributed by atoms with Gasteiger partial charge in [0.2, 0.25) is 5.91 Å². The summed E-state index contributed by atoms with van der Waals surface area (Å²) in [7, 11) is 0. The maximum atomic E-state index is 11.9. The molecule has 1 aromatic rings. The van der Waals surface area contributed by atoms with Crippen molar-refractivity contribution in [1.29, 1.82) is 0 Å². The third kappa shape index (κ3) is 7.59. The number of halogens is 1. The Bertz CT molecular complexity index is 517. The van der Waals surface area contributed by atoms with Crippen molar-refractivity contribution in [3.8, 4) is 0 Å². The number of nitrogens with one attached hydrogen (secondary N) is 2. The van der Waals surface area contributed by atoms with Crippen LogP contribution in [-0.2, 0) is 11.3 Å². The summed E-state index contributed by atoms with van der Waals surface area (Å²) in [6, 6.07) is 3.29. The number of nitrogens with zero attached hydrogens (tertiary/aromatic N) is 1. The third-order valence-corrected chi connectivity index (χ3v) is 3.90. The van der Waals surface area contributed by atoms with Crippen molar-refractivity contribution in [3.63, 3.8) is 0 Å². The summed E-state index contributed by atoms with van der Waals surface area (Å²) < 4.78 is 0.714. The first-order valence-electron chi connectivity index (χ1n) is 7.05. The lowest BCUT2D eigenvalue weighted by Crippen LogP contribution is -2.45. The molecule has 0 radical (unpaired) electrons. The van der Waals surface area contributed by atoms with Gasteiger partial charge in [-0.15, -0.1) is 17.9 Å². The molecule has 22 heavy (non-hydrogen) atoms. The summed E-state index contributed by atoms with van der Waals surface area (Å²) in [6.45, 7) is 9.45. The molecule has 1 rings (SSSR count).